The minimum atomic E-state index is -1.09. The summed E-state index contributed by atoms with van der Waals surface area (Å²) in [5.74, 6) is -0.384. The largest absolute Gasteiger partial charge is 0.508 e. The topological polar surface area (TPSA) is 95.6 Å². The summed E-state index contributed by atoms with van der Waals surface area (Å²) < 4.78 is 1.84. The van der Waals surface area contributed by atoms with E-state index < -0.39 is 12.1 Å². The maximum Gasteiger partial charge on any atom is 0.356 e. The van der Waals surface area contributed by atoms with Gasteiger partial charge in [0.25, 0.3) is 0 Å². The lowest BCUT2D eigenvalue weighted by Gasteiger charge is -2.21. The van der Waals surface area contributed by atoms with E-state index in [1.807, 2.05) is 4.57 Å². The second kappa shape index (κ2) is 4.64. The van der Waals surface area contributed by atoms with Gasteiger partial charge in [-0.15, -0.1) is 0 Å². The number of hydrogen-bond acceptors (Lipinski definition) is 4. The third kappa shape index (κ3) is 2.04. The molecule has 1 aromatic carbocycles. The highest BCUT2D eigenvalue weighted by Gasteiger charge is 2.27. The second-order valence-corrected chi connectivity index (χ2v) is 4.88. The van der Waals surface area contributed by atoms with E-state index in [9.17, 15) is 20.1 Å². The van der Waals surface area contributed by atoms with Gasteiger partial charge in [-0.3, -0.25) is 0 Å². The third-order valence-corrected chi connectivity index (χ3v) is 3.52. The average Bonchev–Trinajstić information content (AvgIpc) is 2.78. The van der Waals surface area contributed by atoms with Crippen LogP contribution in [0.15, 0.2) is 24.3 Å². The van der Waals surface area contributed by atoms with Crippen LogP contribution in [0.3, 0.4) is 0 Å². The number of aromatic carboxylic acids is 1. The van der Waals surface area contributed by atoms with Crippen molar-refractivity contribution in [1.29, 1.82) is 0 Å². The van der Waals surface area contributed by atoms with Crippen LogP contribution in [0.2, 0.25) is 0 Å². The van der Waals surface area contributed by atoms with Gasteiger partial charge in [0.2, 0.25) is 0 Å². The Morgan fingerprint density at radius 3 is 2.65 bits per heavy atom. The first kappa shape index (κ1) is 12.7. The van der Waals surface area contributed by atoms with Crippen LogP contribution < -0.4 is 0 Å². The van der Waals surface area contributed by atoms with E-state index in [1.165, 1.54) is 12.1 Å². The molecule has 0 radical (unpaired) electrons. The number of rotatable bonds is 2. The molecule has 0 amide bonds. The third-order valence-electron chi connectivity index (χ3n) is 3.52. The minimum absolute atomic E-state index is 0.00757. The lowest BCUT2D eigenvalue weighted by atomic mass is 10.0. The second-order valence-electron chi connectivity index (χ2n) is 4.88. The fraction of sp³-hybridized carbons (Fsp3) is 0.286. The number of phenolic OH excluding ortho intramolecular Hbond substituents is 1. The van der Waals surface area contributed by atoms with E-state index >= 15 is 0 Å². The predicted octanol–water partition coefficient (Wildman–Crippen LogP) is 1.26. The van der Waals surface area contributed by atoms with E-state index in [4.69, 9.17) is 0 Å². The quantitative estimate of drug-likeness (QED) is 0.766. The molecule has 0 aliphatic carbocycles. The summed E-state index contributed by atoms with van der Waals surface area (Å²) in [6.07, 6.45) is 0.352. The molecule has 2 heterocycles. The zero-order chi connectivity index (χ0) is 14.3. The summed E-state index contributed by atoms with van der Waals surface area (Å²) in [6.45, 7) is 0.535. The Labute approximate surface area is 114 Å². The van der Waals surface area contributed by atoms with Gasteiger partial charge < -0.3 is 19.9 Å². The first-order chi connectivity index (χ1) is 9.56. The number of carboxylic acid groups (broad SMARTS) is 1. The van der Waals surface area contributed by atoms with Crippen molar-refractivity contribution in [3.63, 3.8) is 0 Å². The molecule has 1 aromatic heterocycles. The molecule has 0 saturated heterocycles. The van der Waals surface area contributed by atoms with Crippen LogP contribution in [0.4, 0.5) is 0 Å². The van der Waals surface area contributed by atoms with Crippen molar-refractivity contribution >= 4 is 5.97 Å². The van der Waals surface area contributed by atoms with Crippen molar-refractivity contribution in [3.8, 4) is 17.1 Å². The monoisotopic (exact) mass is 274 g/mol. The maximum absolute atomic E-state index is 11.3. The zero-order valence-electron chi connectivity index (χ0n) is 10.7. The van der Waals surface area contributed by atoms with Crippen molar-refractivity contribution in [1.82, 2.24) is 9.55 Å². The first-order valence-electron chi connectivity index (χ1n) is 6.36. The van der Waals surface area contributed by atoms with Crippen LogP contribution in [0.1, 0.15) is 22.6 Å². The Hall–Kier alpha value is -2.34. The van der Waals surface area contributed by atoms with Gasteiger partial charge in [0.15, 0.2) is 5.69 Å². The first-order valence-corrected chi connectivity index (χ1v) is 6.36. The molecule has 20 heavy (non-hydrogen) atoms. The molecule has 0 saturated carbocycles. The van der Waals surface area contributed by atoms with Crippen LogP contribution in [-0.4, -0.2) is 36.9 Å². The predicted molar refractivity (Wildman–Crippen MR) is 70.6 cm³/mol. The summed E-state index contributed by atoms with van der Waals surface area (Å²) in [6, 6.07) is 6.47. The molecule has 6 heteroatoms. The van der Waals surface area contributed by atoms with Crippen molar-refractivity contribution in [2.45, 2.75) is 25.5 Å². The summed E-state index contributed by atoms with van der Waals surface area (Å²) in [5, 5.41) is 28.3. The Kier molecular flexibility index (Phi) is 2.94. The van der Waals surface area contributed by atoms with Crippen LogP contribution >= 0.6 is 0 Å². The molecule has 2 aromatic rings. The highest BCUT2D eigenvalue weighted by Crippen LogP contribution is 2.28. The van der Waals surface area contributed by atoms with Gasteiger partial charge in [0.1, 0.15) is 11.6 Å². The molecule has 1 unspecified atom stereocenters. The molecule has 3 rings (SSSR count). The molecule has 1 aliphatic rings. The number of aromatic hydroxyl groups is 1. The molecular formula is C14H14N2O4. The Morgan fingerprint density at radius 2 is 2.00 bits per heavy atom. The molecule has 0 fully saturated rings. The number of fused-ring (bicyclic) bond motifs is 1. The lowest BCUT2D eigenvalue weighted by molar-refractivity contribution is 0.0687. The van der Waals surface area contributed by atoms with Crippen molar-refractivity contribution in [2.24, 2.45) is 0 Å². The lowest BCUT2D eigenvalue weighted by Crippen LogP contribution is -2.24. The molecule has 0 bridgehead atoms. The van der Waals surface area contributed by atoms with Gasteiger partial charge >= 0.3 is 5.97 Å². The molecule has 0 spiro atoms. The Morgan fingerprint density at radius 1 is 1.30 bits per heavy atom. The van der Waals surface area contributed by atoms with Gasteiger partial charge in [0.05, 0.1) is 11.8 Å². The standard InChI is InChI=1S/C14H14N2O4/c17-9-3-1-8(2-4-9)13-15-12(14(19)20)11-7-10(18)5-6-16(11)13/h1-4,10,17-18H,5-7H2,(H,19,20). The number of aliphatic hydroxyl groups excluding tert-OH is 1. The van der Waals surface area contributed by atoms with E-state index in [1.54, 1.807) is 12.1 Å². The molecule has 1 aliphatic heterocycles. The number of imidazole rings is 1. The van der Waals surface area contributed by atoms with Crippen LogP contribution in [0, 0.1) is 0 Å². The fourth-order valence-corrected chi connectivity index (χ4v) is 2.54. The number of aromatic nitrogens is 2. The summed E-state index contributed by atoms with van der Waals surface area (Å²) >= 11 is 0. The number of nitrogens with zero attached hydrogens (tertiary/aromatic N) is 2. The molecular weight excluding hydrogens is 260 g/mol. The molecule has 3 N–H and O–H groups in total. The molecule has 1 atom stereocenters. The molecule has 104 valence electrons. The van der Waals surface area contributed by atoms with E-state index in [0.717, 1.165) is 5.56 Å². The van der Waals surface area contributed by atoms with Gasteiger partial charge in [-0.1, -0.05) is 0 Å². The number of hydrogen-bond donors (Lipinski definition) is 3. The van der Waals surface area contributed by atoms with Crippen LogP contribution in [0.5, 0.6) is 5.75 Å². The Bertz CT molecular complexity index is 661. The van der Waals surface area contributed by atoms with E-state index in [-0.39, 0.29) is 11.4 Å². The number of carboxylic acids is 1. The van der Waals surface area contributed by atoms with Gasteiger partial charge in [-0.25, -0.2) is 9.78 Å². The Balaban J connectivity index is 2.14. The van der Waals surface area contributed by atoms with Gasteiger partial charge in [0, 0.05) is 18.5 Å². The van der Waals surface area contributed by atoms with Crippen molar-refractivity contribution in [3.05, 3.63) is 35.7 Å². The number of carbonyl (C=O) groups is 1. The highest BCUT2D eigenvalue weighted by molar-refractivity contribution is 5.88. The van der Waals surface area contributed by atoms with E-state index in [2.05, 4.69) is 4.98 Å². The maximum atomic E-state index is 11.3. The smallest absolute Gasteiger partial charge is 0.356 e. The fourth-order valence-electron chi connectivity index (χ4n) is 2.54. The van der Waals surface area contributed by atoms with Crippen molar-refractivity contribution < 1.29 is 20.1 Å². The van der Waals surface area contributed by atoms with Crippen molar-refractivity contribution in [2.75, 3.05) is 0 Å². The number of aliphatic hydroxyl groups is 1. The molecule has 6 nitrogen and oxygen atoms in total. The van der Waals surface area contributed by atoms with E-state index in [0.29, 0.717) is 30.9 Å². The number of phenols is 1. The average molecular weight is 274 g/mol. The van der Waals surface area contributed by atoms with Crippen LogP contribution in [0.25, 0.3) is 11.4 Å². The highest BCUT2D eigenvalue weighted by atomic mass is 16.4. The SMILES string of the molecule is O=C(O)c1nc(-c2ccc(O)cc2)n2c1CC(O)CC2. The van der Waals surface area contributed by atoms with Crippen LogP contribution in [-0.2, 0) is 13.0 Å². The normalized spacial score (nSPS) is 17.8. The zero-order valence-corrected chi connectivity index (χ0v) is 10.7. The van der Waals surface area contributed by atoms with Gasteiger partial charge in [-0.2, -0.15) is 0 Å². The summed E-state index contributed by atoms with van der Waals surface area (Å²) in [7, 11) is 0. The minimum Gasteiger partial charge on any atom is -0.508 e. The summed E-state index contributed by atoms with van der Waals surface area (Å²) in [5.41, 5.74) is 1.29. The number of benzene rings is 1. The van der Waals surface area contributed by atoms with Gasteiger partial charge in [-0.05, 0) is 30.7 Å². The summed E-state index contributed by atoms with van der Waals surface area (Å²) in [4.78, 5) is 15.5.